The van der Waals surface area contributed by atoms with Crippen molar-refractivity contribution in [1.29, 1.82) is 0 Å². The Morgan fingerprint density at radius 1 is 0.600 bits per heavy atom. The predicted molar refractivity (Wildman–Crippen MR) is 176 cm³/mol. The smallest absolute Gasteiger partial charge is 0.315 e. The van der Waals surface area contributed by atoms with Gasteiger partial charge in [0.05, 0.1) is 50.6 Å². The number of carbonyl (C=O) groups is 4. The molecule has 45 heavy (non-hydrogen) atoms. The van der Waals surface area contributed by atoms with E-state index in [0.717, 1.165) is 62.9 Å². The van der Waals surface area contributed by atoms with Gasteiger partial charge in [0.15, 0.2) is 0 Å². The second-order valence-electron chi connectivity index (χ2n) is 12.0. The summed E-state index contributed by atoms with van der Waals surface area (Å²) in [6.07, 6.45) is 8.33. The highest BCUT2D eigenvalue weighted by Gasteiger charge is 2.43. The first-order valence-electron chi connectivity index (χ1n) is 16.6. The van der Waals surface area contributed by atoms with Gasteiger partial charge in [0, 0.05) is 61.2 Å². The van der Waals surface area contributed by atoms with Gasteiger partial charge in [-0.05, 0) is 38.5 Å². The number of amides is 6. The van der Waals surface area contributed by atoms with Crippen molar-refractivity contribution in [3.8, 4) is 0 Å². The van der Waals surface area contributed by atoms with Crippen LogP contribution in [0.25, 0.3) is 0 Å². The number of rotatable bonds is 24. The number of urea groups is 2. The van der Waals surface area contributed by atoms with Crippen molar-refractivity contribution in [2.24, 2.45) is 0 Å². The summed E-state index contributed by atoms with van der Waals surface area (Å²) in [4.78, 5) is 47.0. The molecule has 0 aromatic carbocycles. The van der Waals surface area contributed by atoms with E-state index in [1.54, 1.807) is 0 Å². The molecule has 4 aliphatic heterocycles. The normalized spacial score (nSPS) is 26.5. The number of thioether (sulfide) groups is 2. The third-order valence-electron chi connectivity index (χ3n) is 8.48. The fraction of sp³-hybridized carbons (Fsp3) is 0.867. The van der Waals surface area contributed by atoms with Crippen molar-refractivity contribution in [3.63, 3.8) is 0 Å². The fourth-order valence-corrected chi connectivity index (χ4v) is 9.16. The zero-order valence-corrected chi connectivity index (χ0v) is 27.9. The second kappa shape index (κ2) is 20.3. The Morgan fingerprint density at radius 3 is 1.47 bits per heavy atom. The molecule has 0 aromatic heterocycles. The lowest BCUT2D eigenvalue weighted by Gasteiger charge is -2.16. The summed E-state index contributed by atoms with van der Waals surface area (Å²) in [5, 5.41) is 18.7. The van der Waals surface area contributed by atoms with Crippen LogP contribution in [0.1, 0.15) is 64.2 Å². The summed E-state index contributed by atoms with van der Waals surface area (Å²) in [5.74, 6) is 2.09. The molecule has 6 amide bonds. The SMILES string of the molecule is O=C(CCCC[C@@H]1SC[C@@H]2NC(=O)N[C@@H]21)NCCCOCCOCCOCCCNC(=O)CCCC[C@@H]1SC[C@H]2NC(=O)N[C@@H]12. The summed E-state index contributed by atoms with van der Waals surface area (Å²) in [6, 6.07) is 0.851. The summed E-state index contributed by atoms with van der Waals surface area (Å²) >= 11 is 3.82. The number of hydrogen-bond acceptors (Lipinski definition) is 9. The molecule has 0 aliphatic carbocycles. The summed E-state index contributed by atoms with van der Waals surface area (Å²) < 4.78 is 16.6. The van der Waals surface area contributed by atoms with Crippen molar-refractivity contribution in [3.05, 3.63) is 0 Å². The van der Waals surface area contributed by atoms with Gasteiger partial charge < -0.3 is 46.1 Å². The molecule has 15 heteroatoms. The minimum atomic E-state index is -0.0560. The fourth-order valence-electron chi connectivity index (χ4n) is 6.07. The predicted octanol–water partition coefficient (Wildman–Crippen LogP) is 1.50. The first kappa shape index (κ1) is 35.9. The van der Waals surface area contributed by atoms with Crippen LogP contribution in [0.2, 0.25) is 0 Å². The Hall–Kier alpha value is -1.94. The molecule has 6 N–H and O–H groups in total. The molecule has 4 saturated heterocycles. The Labute approximate surface area is 275 Å². The molecule has 4 heterocycles. The molecule has 0 spiro atoms. The van der Waals surface area contributed by atoms with Gasteiger partial charge in [0.2, 0.25) is 11.8 Å². The van der Waals surface area contributed by atoms with E-state index in [1.807, 2.05) is 23.5 Å². The van der Waals surface area contributed by atoms with E-state index in [4.69, 9.17) is 14.2 Å². The topological polar surface area (TPSA) is 168 Å². The highest BCUT2D eigenvalue weighted by Crippen LogP contribution is 2.34. The van der Waals surface area contributed by atoms with E-state index < -0.39 is 0 Å². The van der Waals surface area contributed by atoms with Gasteiger partial charge in [-0.1, -0.05) is 12.8 Å². The van der Waals surface area contributed by atoms with Crippen molar-refractivity contribution < 1.29 is 33.4 Å². The van der Waals surface area contributed by atoms with Crippen LogP contribution in [-0.2, 0) is 23.8 Å². The van der Waals surface area contributed by atoms with Crippen LogP contribution in [0.5, 0.6) is 0 Å². The summed E-state index contributed by atoms with van der Waals surface area (Å²) in [6.45, 7) is 4.37. The Bertz CT molecular complexity index is 878. The maximum Gasteiger partial charge on any atom is 0.315 e. The van der Waals surface area contributed by atoms with Gasteiger partial charge in [-0.3, -0.25) is 9.59 Å². The van der Waals surface area contributed by atoms with Crippen molar-refractivity contribution in [1.82, 2.24) is 31.9 Å². The maximum atomic E-state index is 12.0. The van der Waals surface area contributed by atoms with Gasteiger partial charge in [-0.25, -0.2) is 9.59 Å². The van der Waals surface area contributed by atoms with Gasteiger partial charge in [-0.15, -0.1) is 0 Å². The van der Waals surface area contributed by atoms with E-state index in [9.17, 15) is 19.2 Å². The molecule has 256 valence electrons. The Balaban J connectivity index is 0.821. The molecular weight excluding hydrogens is 620 g/mol. The minimum Gasteiger partial charge on any atom is -0.379 e. The van der Waals surface area contributed by atoms with Gasteiger partial charge in [0.1, 0.15) is 0 Å². The lowest BCUT2D eigenvalue weighted by molar-refractivity contribution is -0.122. The maximum absolute atomic E-state index is 12.0. The highest BCUT2D eigenvalue weighted by molar-refractivity contribution is 8.00. The molecule has 0 radical (unpaired) electrons. The van der Waals surface area contributed by atoms with Crippen LogP contribution >= 0.6 is 23.5 Å². The van der Waals surface area contributed by atoms with Crippen LogP contribution in [0, 0.1) is 0 Å². The van der Waals surface area contributed by atoms with E-state index in [0.29, 0.717) is 76.1 Å². The molecule has 0 unspecified atom stereocenters. The molecule has 4 aliphatic rings. The van der Waals surface area contributed by atoms with Gasteiger partial charge in [-0.2, -0.15) is 23.5 Å². The van der Waals surface area contributed by atoms with Crippen molar-refractivity contribution >= 4 is 47.4 Å². The number of ether oxygens (including phenoxy) is 3. The first-order chi connectivity index (χ1) is 22.0. The Kier molecular flexibility index (Phi) is 16.2. The zero-order valence-electron chi connectivity index (χ0n) is 26.3. The van der Waals surface area contributed by atoms with E-state index >= 15 is 0 Å². The van der Waals surface area contributed by atoms with Crippen molar-refractivity contribution in [2.75, 3.05) is 64.2 Å². The van der Waals surface area contributed by atoms with Gasteiger partial charge in [0.25, 0.3) is 0 Å². The van der Waals surface area contributed by atoms with Gasteiger partial charge >= 0.3 is 12.1 Å². The third-order valence-corrected chi connectivity index (χ3v) is 11.5. The summed E-state index contributed by atoms with van der Waals surface area (Å²) in [7, 11) is 0. The van der Waals surface area contributed by atoms with E-state index in [1.165, 1.54) is 0 Å². The standard InChI is InChI=1S/C30H52N6O7S2/c37-25(9-3-1-7-23-27-21(19-44-23)33-29(39)35-27)31-11-5-13-41-15-17-43-18-16-42-14-6-12-32-26(38)10-4-2-8-24-28-22(20-45-24)34-30(40)36-28/h21-24,27-28H,1-20H2,(H,31,37)(H,32,38)(H2,33,35,39)(H2,34,36,40)/t21-,22+,23-,24-,27-,28+/m0/s1. The molecule has 4 fully saturated rings. The van der Waals surface area contributed by atoms with Crippen LogP contribution in [0.4, 0.5) is 9.59 Å². The lowest BCUT2D eigenvalue weighted by Crippen LogP contribution is -2.36. The van der Waals surface area contributed by atoms with Crippen molar-refractivity contribution in [2.45, 2.75) is 98.9 Å². The molecule has 0 saturated carbocycles. The average Bonchev–Trinajstić information content (AvgIpc) is 3.77. The molecular formula is C30H52N6O7S2. The van der Waals surface area contributed by atoms with E-state index in [2.05, 4.69) is 31.9 Å². The minimum absolute atomic E-state index is 0.0560. The molecule has 0 bridgehead atoms. The molecule has 6 atom stereocenters. The van der Waals surface area contributed by atoms with Crippen LogP contribution in [-0.4, -0.2) is 123 Å². The van der Waals surface area contributed by atoms with E-state index in [-0.39, 0.29) is 48.0 Å². The number of hydrogen-bond donors (Lipinski definition) is 6. The third kappa shape index (κ3) is 13.0. The lowest BCUT2D eigenvalue weighted by atomic mass is 10.0. The number of nitrogens with one attached hydrogen (secondary N) is 6. The monoisotopic (exact) mass is 672 g/mol. The number of carbonyl (C=O) groups excluding carboxylic acids is 4. The molecule has 13 nitrogen and oxygen atoms in total. The quantitative estimate of drug-likeness (QED) is 0.0658. The Morgan fingerprint density at radius 2 is 1.02 bits per heavy atom. The zero-order chi connectivity index (χ0) is 31.7. The summed E-state index contributed by atoms with van der Waals surface area (Å²) in [5.41, 5.74) is 0. The van der Waals surface area contributed by atoms with Crippen LogP contribution < -0.4 is 31.9 Å². The largest absolute Gasteiger partial charge is 0.379 e. The highest BCUT2D eigenvalue weighted by atomic mass is 32.2. The first-order valence-corrected chi connectivity index (χ1v) is 18.7. The number of fused-ring (bicyclic) bond motifs is 2. The average molecular weight is 673 g/mol. The molecule has 4 rings (SSSR count). The number of unbranched alkanes of at least 4 members (excludes halogenated alkanes) is 2. The second-order valence-corrected chi connectivity index (χ2v) is 14.5. The van der Waals surface area contributed by atoms with Crippen LogP contribution in [0.3, 0.4) is 0 Å². The molecule has 0 aromatic rings. The van der Waals surface area contributed by atoms with Crippen LogP contribution in [0.15, 0.2) is 0 Å².